The molecule has 0 atom stereocenters. The molecule has 0 fully saturated rings. The Labute approximate surface area is 66.8 Å². The fourth-order valence-electron chi connectivity index (χ4n) is 0.575. The zero-order chi connectivity index (χ0) is 7.66. The minimum Gasteiger partial charge on any atom is -0.319 e. The molecule has 0 rings (SSSR count). The SMILES string of the molecule is CNCCSCCCCF. The van der Waals surface area contributed by atoms with Gasteiger partial charge in [-0.15, -0.1) is 0 Å². The van der Waals surface area contributed by atoms with E-state index in [9.17, 15) is 4.39 Å². The zero-order valence-electron chi connectivity index (χ0n) is 6.53. The van der Waals surface area contributed by atoms with Gasteiger partial charge in [0.25, 0.3) is 0 Å². The highest BCUT2D eigenvalue weighted by Gasteiger charge is 1.88. The predicted octanol–water partition coefficient (Wildman–Crippen LogP) is 1.69. The molecule has 0 bridgehead atoms. The topological polar surface area (TPSA) is 12.0 Å². The van der Waals surface area contributed by atoms with Gasteiger partial charge in [-0.1, -0.05) is 0 Å². The molecule has 0 heterocycles. The lowest BCUT2D eigenvalue weighted by atomic mass is 10.4. The van der Waals surface area contributed by atoms with Crippen LogP contribution in [0.1, 0.15) is 12.8 Å². The van der Waals surface area contributed by atoms with E-state index in [1.54, 1.807) is 0 Å². The van der Waals surface area contributed by atoms with Crippen LogP contribution in [0.3, 0.4) is 0 Å². The summed E-state index contributed by atoms with van der Waals surface area (Å²) in [7, 11) is 1.95. The van der Waals surface area contributed by atoms with Crippen molar-refractivity contribution in [1.82, 2.24) is 5.32 Å². The Kier molecular flexibility index (Phi) is 9.46. The maximum Gasteiger partial charge on any atom is 0.0894 e. The lowest BCUT2D eigenvalue weighted by molar-refractivity contribution is 0.470. The molecule has 0 saturated carbocycles. The molecule has 0 aromatic heterocycles. The van der Waals surface area contributed by atoms with Crippen molar-refractivity contribution in [3.63, 3.8) is 0 Å². The molecule has 0 amide bonds. The van der Waals surface area contributed by atoms with Crippen molar-refractivity contribution in [2.45, 2.75) is 12.8 Å². The van der Waals surface area contributed by atoms with Crippen molar-refractivity contribution in [3.05, 3.63) is 0 Å². The van der Waals surface area contributed by atoms with Crippen molar-refractivity contribution in [1.29, 1.82) is 0 Å². The van der Waals surface area contributed by atoms with Crippen LogP contribution in [0.25, 0.3) is 0 Å². The van der Waals surface area contributed by atoms with Crippen LogP contribution in [0.5, 0.6) is 0 Å². The van der Waals surface area contributed by atoms with Crippen LogP contribution in [0.15, 0.2) is 0 Å². The summed E-state index contributed by atoms with van der Waals surface area (Å²) in [6, 6.07) is 0. The molecule has 0 saturated heterocycles. The third-order valence-corrected chi connectivity index (χ3v) is 2.24. The summed E-state index contributed by atoms with van der Waals surface area (Å²) in [6.45, 7) is 0.896. The van der Waals surface area contributed by atoms with Crippen molar-refractivity contribution in [3.8, 4) is 0 Å². The molecule has 0 aliphatic rings. The first-order valence-electron chi connectivity index (χ1n) is 3.70. The highest BCUT2D eigenvalue weighted by molar-refractivity contribution is 7.99. The van der Waals surface area contributed by atoms with Gasteiger partial charge in [0.05, 0.1) is 6.67 Å². The molecule has 0 unspecified atom stereocenters. The van der Waals surface area contributed by atoms with Crippen LogP contribution in [-0.4, -0.2) is 31.8 Å². The first-order valence-corrected chi connectivity index (χ1v) is 4.85. The van der Waals surface area contributed by atoms with Crippen molar-refractivity contribution < 1.29 is 4.39 Å². The maximum atomic E-state index is 11.5. The predicted molar refractivity (Wildman–Crippen MR) is 46.5 cm³/mol. The van der Waals surface area contributed by atoms with Gasteiger partial charge in [0.2, 0.25) is 0 Å². The lowest BCUT2D eigenvalue weighted by Crippen LogP contribution is -2.09. The summed E-state index contributed by atoms with van der Waals surface area (Å²) in [5.74, 6) is 2.24. The van der Waals surface area contributed by atoms with E-state index in [2.05, 4.69) is 5.32 Å². The van der Waals surface area contributed by atoms with Crippen molar-refractivity contribution in [2.75, 3.05) is 31.8 Å². The van der Waals surface area contributed by atoms with Gasteiger partial charge in [-0.3, -0.25) is 4.39 Å². The molecule has 0 aliphatic carbocycles. The van der Waals surface area contributed by atoms with E-state index >= 15 is 0 Å². The van der Waals surface area contributed by atoms with Gasteiger partial charge < -0.3 is 5.32 Å². The van der Waals surface area contributed by atoms with Crippen LogP contribution in [0, 0.1) is 0 Å². The largest absolute Gasteiger partial charge is 0.319 e. The standard InChI is InChI=1S/C7H16FNS/c1-9-5-7-10-6-3-2-4-8/h9H,2-7H2,1H3. The Hall–Kier alpha value is 0.240. The highest BCUT2D eigenvalue weighted by atomic mass is 32.2. The van der Waals surface area contributed by atoms with Gasteiger partial charge in [0, 0.05) is 12.3 Å². The molecule has 10 heavy (non-hydrogen) atoms. The Bertz CT molecular complexity index is 53.6. The molecule has 0 spiro atoms. The number of unbranched alkanes of at least 4 members (excludes halogenated alkanes) is 1. The van der Waals surface area contributed by atoms with Crippen LogP contribution >= 0.6 is 11.8 Å². The summed E-state index contributed by atoms with van der Waals surface area (Å²) in [6.07, 6.45) is 1.75. The second-order valence-electron chi connectivity index (χ2n) is 2.11. The number of halogens is 1. The van der Waals surface area contributed by atoms with Crippen molar-refractivity contribution in [2.24, 2.45) is 0 Å². The lowest BCUT2D eigenvalue weighted by Gasteiger charge is -1.98. The fraction of sp³-hybridized carbons (Fsp3) is 1.00. The summed E-state index contributed by atoms with van der Waals surface area (Å²) < 4.78 is 11.5. The monoisotopic (exact) mass is 165 g/mol. The van der Waals surface area contributed by atoms with Gasteiger partial charge >= 0.3 is 0 Å². The second-order valence-corrected chi connectivity index (χ2v) is 3.34. The van der Waals surface area contributed by atoms with E-state index in [4.69, 9.17) is 0 Å². The third-order valence-electron chi connectivity index (χ3n) is 1.17. The maximum absolute atomic E-state index is 11.5. The van der Waals surface area contributed by atoms with E-state index in [-0.39, 0.29) is 6.67 Å². The van der Waals surface area contributed by atoms with Gasteiger partial charge in [-0.05, 0) is 25.6 Å². The number of thioether (sulfide) groups is 1. The summed E-state index contributed by atoms with van der Waals surface area (Å²) in [4.78, 5) is 0. The quantitative estimate of drug-likeness (QED) is 0.576. The number of hydrogen-bond acceptors (Lipinski definition) is 2. The number of alkyl halides is 1. The number of hydrogen-bond donors (Lipinski definition) is 1. The van der Waals surface area contributed by atoms with Crippen LogP contribution in [0.2, 0.25) is 0 Å². The Morgan fingerprint density at radius 1 is 1.30 bits per heavy atom. The molecule has 0 radical (unpaired) electrons. The smallest absolute Gasteiger partial charge is 0.0894 e. The first-order chi connectivity index (χ1) is 4.91. The van der Waals surface area contributed by atoms with E-state index in [0.717, 1.165) is 30.9 Å². The summed E-state index contributed by atoms with van der Waals surface area (Å²) in [5, 5.41) is 3.06. The molecular formula is C7H16FNS. The molecule has 0 aromatic rings. The molecule has 62 valence electrons. The van der Waals surface area contributed by atoms with Gasteiger partial charge in [-0.2, -0.15) is 11.8 Å². The zero-order valence-corrected chi connectivity index (χ0v) is 7.35. The Balaban J connectivity index is 2.65. The van der Waals surface area contributed by atoms with E-state index in [1.807, 2.05) is 18.8 Å². The average Bonchev–Trinajstić information content (AvgIpc) is 1.97. The van der Waals surface area contributed by atoms with E-state index in [1.165, 1.54) is 0 Å². The van der Waals surface area contributed by atoms with E-state index in [0.29, 0.717) is 0 Å². The minimum absolute atomic E-state index is 0.160. The highest BCUT2D eigenvalue weighted by Crippen LogP contribution is 2.03. The molecule has 1 nitrogen and oxygen atoms in total. The molecular weight excluding hydrogens is 149 g/mol. The summed E-state index contributed by atoms with van der Waals surface area (Å²) in [5.41, 5.74) is 0. The van der Waals surface area contributed by atoms with Gasteiger partial charge in [-0.25, -0.2) is 0 Å². The Morgan fingerprint density at radius 3 is 2.70 bits per heavy atom. The molecule has 0 aromatic carbocycles. The van der Waals surface area contributed by atoms with E-state index < -0.39 is 0 Å². The first kappa shape index (κ1) is 10.2. The van der Waals surface area contributed by atoms with Gasteiger partial charge in [0.1, 0.15) is 0 Å². The van der Waals surface area contributed by atoms with Crippen LogP contribution in [0.4, 0.5) is 4.39 Å². The molecule has 3 heteroatoms. The number of nitrogens with one attached hydrogen (secondary N) is 1. The minimum atomic E-state index is -0.160. The molecule has 1 N–H and O–H groups in total. The third kappa shape index (κ3) is 8.24. The normalized spacial score (nSPS) is 10.2. The fourth-order valence-corrected chi connectivity index (χ4v) is 1.54. The van der Waals surface area contributed by atoms with Crippen molar-refractivity contribution >= 4 is 11.8 Å². The molecule has 0 aliphatic heterocycles. The second kappa shape index (κ2) is 9.24. The van der Waals surface area contributed by atoms with Gasteiger partial charge in [0.15, 0.2) is 0 Å². The van der Waals surface area contributed by atoms with Crippen LogP contribution < -0.4 is 5.32 Å². The summed E-state index contributed by atoms with van der Waals surface area (Å²) >= 11 is 1.89. The number of rotatable bonds is 7. The van der Waals surface area contributed by atoms with Crippen LogP contribution in [-0.2, 0) is 0 Å². The average molecular weight is 165 g/mol. The Morgan fingerprint density at radius 2 is 2.10 bits per heavy atom.